The van der Waals surface area contributed by atoms with Gasteiger partial charge in [-0.25, -0.2) is 4.98 Å². The summed E-state index contributed by atoms with van der Waals surface area (Å²) in [6, 6.07) is 7.65. The number of carbonyl (C=O) groups is 1. The van der Waals surface area contributed by atoms with Gasteiger partial charge in [-0.3, -0.25) is 4.79 Å². The van der Waals surface area contributed by atoms with E-state index in [1.165, 1.54) is 0 Å². The molecule has 0 fully saturated rings. The third-order valence-corrected chi connectivity index (χ3v) is 2.39. The summed E-state index contributed by atoms with van der Waals surface area (Å²) >= 11 is 0. The van der Waals surface area contributed by atoms with Gasteiger partial charge in [-0.15, -0.1) is 0 Å². The van der Waals surface area contributed by atoms with Gasteiger partial charge in [0.05, 0.1) is 12.0 Å². The maximum Gasteiger partial charge on any atom is 0.150 e. The second kappa shape index (κ2) is 4.55. The summed E-state index contributed by atoms with van der Waals surface area (Å²) in [4.78, 5) is 17.8. The lowest BCUT2D eigenvalue weighted by molar-refractivity contribution is 0.112. The number of rotatable bonds is 4. The van der Waals surface area contributed by atoms with E-state index in [1.54, 1.807) is 6.33 Å². The number of aromatic amines is 1. The number of hydrogen-bond donors (Lipinski definition) is 1. The minimum Gasteiger partial charge on any atom is -0.351 e. The molecule has 2 aromatic rings. The Kier molecular flexibility index (Phi) is 2.93. The van der Waals surface area contributed by atoms with Gasteiger partial charge in [0.25, 0.3) is 0 Å². The van der Waals surface area contributed by atoms with Crippen molar-refractivity contribution in [2.45, 2.75) is 12.8 Å². The highest BCUT2D eigenvalue weighted by Gasteiger charge is 2.01. The zero-order valence-electron chi connectivity index (χ0n) is 8.31. The van der Waals surface area contributed by atoms with Crippen molar-refractivity contribution in [1.82, 2.24) is 9.97 Å². The zero-order chi connectivity index (χ0) is 10.5. The average molecular weight is 200 g/mol. The van der Waals surface area contributed by atoms with E-state index in [-0.39, 0.29) is 0 Å². The van der Waals surface area contributed by atoms with Gasteiger partial charge in [0.2, 0.25) is 0 Å². The van der Waals surface area contributed by atoms with E-state index in [0.29, 0.717) is 0 Å². The maximum atomic E-state index is 10.8. The molecule has 0 atom stereocenters. The van der Waals surface area contributed by atoms with Crippen molar-refractivity contribution >= 4 is 6.29 Å². The van der Waals surface area contributed by atoms with Crippen molar-refractivity contribution < 1.29 is 4.79 Å². The number of nitrogens with one attached hydrogen (secondary N) is 1. The Bertz CT molecular complexity index is 435. The Morgan fingerprint density at radius 1 is 1.27 bits per heavy atom. The fraction of sp³-hybridized carbons (Fsp3) is 0.167. The van der Waals surface area contributed by atoms with Crippen LogP contribution >= 0.6 is 0 Å². The van der Waals surface area contributed by atoms with Crippen LogP contribution in [0.4, 0.5) is 0 Å². The second-order valence-corrected chi connectivity index (χ2v) is 3.38. The van der Waals surface area contributed by atoms with E-state index in [9.17, 15) is 4.79 Å². The average Bonchev–Trinajstić information content (AvgIpc) is 2.79. The van der Waals surface area contributed by atoms with Crippen LogP contribution < -0.4 is 0 Å². The number of carbonyl (C=O) groups excluding carboxylic acids is 1. The van der Waals surface area contributed by atoms with Gasteiger partial charge in [-0.05, 0) is 18.4 Å². The number of hydrogen-bond acceptors (Lipinski definition) is 2. The first-order chi connectivity index (χ1) is 7.40. The molecule has 0 saturated heterocycles. The molecule has 0 unspecified atom stereocenters. The molecule has 1 aromatic carbocycles. The molecule has 0 aliphatic carbocycles. The zero-order valence-corrected chi connectivity index (χ0v) is 8.31. The molecule has 1 N–H and O–H groups in total. The van der Waals surface area contributed by atoms with E-state index in [0.717, 1.165) is 35.9 Å². The predicted octanol–water partition coefficient (Wildman–Crippen LogP) is 2.01. The number of benzene rings is 1. The predicted molar refractivity (Wildman–Crippen MR) is 57.8 cm³/mol. The first kappa shape index (κ1) is 9.65. The number of aryl methyl sites for hydroxylation is 2. The first-order valence-electron chi connectivity index (χ1n) is 4.91. The van der Waals surface area contributed by atoms with Gasteiger partial charge in [0.15, 0.2) is 0 Å². The molecule has 0 aliphatic heterocycles. The van der Waals surface area contributed by atoms with Crippen LogP contribution in [-0.2, 0) is 12.8 Å². The van der Waals surface area contributed by atoms with Crippen LogP contribution in [0.2, 0.25) is 0 Å². The van der Waals surface area contributed by atoms with Crippen LogP contribution in [0.3, 0.4) is 0 Å². The summed E-state index contributed by atoms with van der Waals surface area (Å²) in [7, 11) is 0. The Balaban J connectivity index is 2.07. The lowest BCUT2D eigenvalue weighted by atomic mass is 10.0. The summed E-state index contributed by atoms with van der Waals surface area (Å²) in [5.74, 6) is 0. The van der Waals surface area contributed by atoms with Crippen LogP contribution in [0.5, 0.6) is 0 Å². The summed E-state index contributed by atoms with van der Waals surface area (Å²) in [5, 5.41) is 0. The normalized spacial score (nSPS) is 10.1. The monoisotopic (exact) mass is 200 g/mol. The van der Waals surface area contributed by atoms with Crippen LogP contribution in [0.1, 0.15) is 21.6 Å². The topological polar surface area (TPSA) is 45.8 Å². The second-order valence-electron chi connectivity index (χ2n) is 3.38. The van der Waals surface area contributed by atoms with Gasteiger partial charge in [0.1, 0.15) is 6.29 Å². The highest BCUT2D eigenvalue weighted by Crippen LogP contribution is 2.09. The Morgan fingerprint density at radius 3 is 2.87 bits per heavy atom. The van der Waals surface area contributed by atoms with E-state index >= 15 is 0 Å². The fourth-order valence-electron chi connectivity index (χ4n) is 1.57. The smallest absolute Gasteiger partial charge is 0.150 e. The largest absolute Gasteiger partial charge is 0.351 e. The van der Waals surface area contributed by atoms with Crippen LogP contribution in [0.15, 0.2) is 36.8 Å². The van der Waals surface area contributed by atoms with Gasteiger partial charge in [-0.2, -0.15) is 0 Å². The fourth-order valence-corrected chi connectivity index (χ4v) is 1.57. The summed E-state index contributed by atoms with van der Waals surface area (Å²) in [5.41, 5.74) is 2.87. The van der Waals surface area contributed by atoms with Gasteiger partial charge < -0.3 is 4.98 Å². The first-order valence-corrected chi connectivity index (χ1v) is 4.91. The number of nitrogens with zero attached hydrogens (tertiary/aromatic N) is 1. The number of aromatic nitrogens is 2. The summed E-state index contributed by atoms with van der Waals surface area (Å²) in [6.07, 6.45) is 6.15. The minimum absolute atomic E-state index is 0.771. The molecule has 3 nitrogen and oxygen atoms in total. The van der Waals surface area contributed by atoms with E-state index < -0.39 is 0 Å². The van der Waals surface area contributed by atoms with Crippen molar-refractivity contribution in [3.63, 3.8) is 0 Å². The van der Waals surface area contributed by atoms with E-state index in [2.05, 4.69) is 9.97 Å². The summed E-state index contributed by atoms with van der Waals surface area (Å²) < 4.78 is 0. The van der Waals surface area contributed by atoms with Crippen molar-refractivity contribution in [1.29, 1.82) is 0 Å². The third-order valence-electron chi connectivity index (χ3n) is 2.39. The molecule has 76 valence electrons. The SMILES string of the molecule is O=Cc1ccccc1CCc1c[nH]cn1. The Labute approximate surface area is 88.2 Å². The molecule has 0 amide bonds. The van der Waals surface area contributed by atoms with Gasteiger partial charge >= 0.3 is 0 Å². The highest BCUT2D eigenvalue weighted by atomic mass is 16.1. The Hall–Kier alpha value is -1.90. The van der Waals surface area contributed by atoms with Crippen LogP contribution in [-0.4, -0.2) is 16.3 Å². The maximum absolute atomic E-state index is 10.8. The highest BCUT2D eigenvalue weighted by molar-refractivity contribution is 5.77. The number of aldehydes is 1. The molecular formula is C12H12N2O. The molecule has 15 heavy (non-hydrogen) atoms. The van der Waals surface area contributed by atoms with Crippen molar-refractivity contribution in [2.75, 3.05) is 0 Å². The number of H-pyrrole nitrogens is 1. The molecule has 3 heteroatoms. The van der Waals surface area contributed by atoms with E-state index in [1.807, 2.05) is 30.5 Å². The lowest BCUT2D eigenvalue weighted by Crippen LogP contribution is -1.96. The third kappa shape index (κ3) is 2.31. The molecular weight excluding hydrogens is 188 g/mol. The lowest BCUT2D eigenvalue weighted by Gasteiger charge is -2.02. The van der Waals surface area contributed by atoms with Crippen molar-refractivity contribution in [3.8, 4) is 0 Å². The van der Waals surface area contributed by atoms with Crippen molar-refractivity contribution in [2.24, 2.45) is 0 Å². The van der Waals surface area contributed by atoms with Gasteiger partial charge in [-0.1, -0.05) is 24.3 Å². The Morgan fingerprint density at radius 2 is 2.13 bits per heavy atom. The molecule has 0 aliphatic rings. The molecule has 0 bridgehead atoms. The standard InChI is InChI=1S/C12H12N2O/c15-8-11-4-2-1-3-10(11)5-6-12-7-13-9-14-12/h1-4,7-9H,5-6H2,(H,13,14). The van der Waals surface area contributed by atoms with Crippen LogP contribution in [0.25, 0.3) is 0 Å². The molecule has 0 radical (unpaired) electrons. The van der Waals surface area contributed by atoms with E-state index in [4.69, 9.17) is 0 Å². The minimum atomic E-state index is 0.771. The molecule has 0 saturated carbocycles. The molecule has 0 spiro atoms. The van der Waals surface area contributed by atoms with Crippen molar-refractivity contribution in [3.05, 3.63) is 53.6 Å². The van der Waals surface area contributed by atoms with Crippen LogP contribution in [0, 0.1) is 0 Å². The number of imidazole rings is 1. The molecule has 1 aromatic heterocycles. The van der Waals surface area contributed by atoms with Gasteiger partial charge in [0, 0.05) is 11.8 Å². The molecule has 2 rings (SSSR count). The molecule has 1 heterocycles. The summed E-state index contributed by atoms with van der Waals surface area (Å²) in [6.45, 7) is 0. The quantitative estimate of drug-likeness (QED) is 0.767.